The minimum atomic E-state index is -1.10. The van der Waals surface area contributed by atoms with Gasteiger partial charge in [-0.1, -0.05) is 0 Å². The summed E-state index contributed by atoms with van der Waals surface area (Å²) in [5.74, 6) is -3.82. The predicted octanol–water partition coefficient (Wildman–Crippen LogP) is 2.79. The first kappa shape index (κ1) is 13.9. The van der Waals surface area contributed by atoms with Crippen LogP contribution in [-0.2, 0) is 0 Å². The van der Waals surface area contributed by atoms with E-state index in [-0.39, 0.29) is 17.1 Å². The van der Waals surface area contributed by atoms with Gasteiger partial charge in [-0.2, -0.15) is 0 Å². The lowest BCUT2D eigenvalue weighted by Crippen LogP contribution is -2.15. The Bertz CT molecular complexity index is 661. The summed E-state index contributed by atoms with van der Waals surface area (Å²) in [7, 11) is 1.46. The average molecular weight is 281 g/mol. The maximum atomic E-state index is 13.8. The van der Waals surface area contributed by atoms with Gasteiger partial charge in [-0.3, -0.25) is 4.79 Å². The van der Waals surface area contributed by atoms with Crippen molar-refractivity contribution in [2.24, 2.45) is 0 Å². The molecule has 104 valence electrons. The largest absolute Gasteiger partial charge is 0.371 e. The molecule has 0 saturated heterocycles. The Balaban J connectivity index is 2.26. The SMILES string of the molecule is CNc1nccc(C(=O)Nc2ccc(F)c(F)c2)c1F. The zero-order valence-corrected chi connectivity index (χ0v) is 10.4. The highest BCUT2D eigenvalue weighted by molar-refractivity contribution is 6.04. The molecular weight excluding hydrogens is 271 g/mol. The number of pyridine rings is 1. The minimum Gasteiger partial charge on any atom is -0.371 e. The quantitative estimate of drug-likeness (QED) is 0.909. The van der Waals surface area contributed by atoms with E-state index in [1.54, 1.807) is 0 Å². The topological polar surface area (TPSA) is 54.0 Å². The number of carbonyl (C=O) groups is 1. The molecule has 2 rings (SSSR count). The number of rotatable bonds is 3. The molecule has 1 amide bonds. The van der Waals surface area contributed by atoms with Crippen LogP contribution in [0.3, 0.4) is 0 Å². The number of hydrogen-bond acceptors (Lipinski definition) is 3. The van der Waals surface area contributed by atoms with E-state index in [2.05, 4.69) is 15.6 Å². The second-order valence-electron chi connectivity index (χ2n) is 3.85. The van der Waals surface area contributed by atoms with E-state index in [4.69, 9.17) is 0 Å². The van der Waals surface area contributed by atoms with E-state index < -0.39 is 23.4 Å². The van der Waals surface area contributed by atoms with Crippen molar-refractivity contribution in [3.63, 3.8) is 0 Å². The van der Waals surface area contributed by atoms with Crippen molar-refractivity contribution in [1.82, 2.24) is 4.98 Å². The summed E-state index contributed by atoms with van der Waals surface area (Å²) >= 11 is 0. The van der Waals surface area contributed by atoms with Crippen molar-refractivity contribution in [2.75, 3.05) is 17.7 Å². The summed E-state index contributed by atoms with van der Waals surface area (Å²) in [5.41, 5.74) is -0.231. The van der Waals surface area contributed by atoms with Gasteiger partial charge in [0.05, 0.1) is 5.56 Å². The van der Waals surface area contributed by atoms with Crippen LogP contribution in [0.4, 0.5) is 24.7 Å². The highest BCUT2D eigenvalue weighted by atomic mass is 19.2. The number of hydrogen-bond donors (Lipinski definition) is 2. The molecule has 0 aliphatic heterocycles. The van der Waals surface area contributed by atoms with Gasteiger partial charge in [-0.25, -0.2) is 18.2 Å². The number of anilines is 2. The van der Waals surface area contributed by atoms with Crippen LogP contribution >= 0.6 is 0 Å². The van der Waals surface area contributed by atoms with E-state index >= 15 is 0 Å². The molecule has 0 spiro atoms. The highest BCUT2D eigenvalue weighted by Gasteiger charge is 2.16. The Kier molecular flexibility index (Phi) is 3.88. The van der Waals surface area contributed by atoms with Crippen LogP contribution in [0.25, 0.3) is 0 Å². The molecule has 0 fully saturated rings. The third-order valence-electron chi connectivity index (χ3n) is 2.55. The van der Waals surface area contributed by atoms with E-state index in [0.29, 0.717) is 0 Å². The molecule has 7 heteroatoms. The Morgan fingerprint density at radius 3 is 2.55 bits per heavy atom. The van der Waals surface area contributed by atoms with Crippen LogP contribution in [-0.4, -0.2) is 17.9 Å². The molecule has 20 heavy (non-hydrogen) atoms. The van der Waals surface area contributed by atoms with Crippen molar-refractivity contribution in [1.29, 1.82) is 0 Å². The molecule has 2 N–H and O–H groups in total. The van der Waals surface area contributed by atoms with Gasteiger partial charge in [-0.05, 0) is 18.2 Å². The molecule has 4 nitrogen and oxygen atoms in total. The Labute approximate surface area is 112 Å². The van der Waals surface area contributed by atoms with Crippen molar-refractivity contribution in [3.05, 3.63) is 53.5 Å². The maximum absolute atomic E-state index is 13.8. The molecule has 0 aliphatic carbocycles. The fourth-order valence-electron chi connectivity index (χ4n) is 1.57. The molecule has 0 bridgehead atoms. The van der Waals surface area contributed by atoms with Crippen molar-refractivity contribution in [3.8, 4) is 0 Å². The normalized spacial score (nSPS) is 10.2. The van der Waals surface area contributed by atoms with Gasteiger partial charge in [0.15, 0.2) is 23.3 Å². The van der Waals surface area contributed by atoms with Gasteiger partial charge >= 0.3 is 0 Å². The highest BCUT2D eigenvalue weighted by Crippen LogP contribution is 2.18. The van der Waals surface area contributed by atoms with E-state index in [1.807, 2.05) is 0 Å². The number of nitrogens with one attached hydrogen (secondary N) is 2. The molecule has 0 saturated carbocycles. The first-order valence-electron chi connectivity index (χ1n) is 5.61. The van der Waals surface area contributed by atoms with Crippen LogP contribution in [0.15, 0.2) is 30.5 Å². The maximum Gasteiger partial charge on any atom is 0.258 e. The Hall–Kier alpha value is -2.57. The van der Waals surface area contributed by atoms with Crippen LogP contribution in [0.5, 0.6) is 0 Å². The van der Waals surface area contributed by atoms with Gasteiger partial charge in [0.1, 0.15) is 0 Å². The fraction of sp³-hybridized carbons (Fsp3) is 0.0769. The number of benzene rings is 1. The average Bonchev–Trinajstić information content (AvgIpc) is 2.43. The lowest BCUT2D eigenvalue weighted by atomic mass is 10.2. The lowest BCUT2D eigenvalue weighted by molar-refractivity contribution is 0.102. The molecule has 0 atom stereocenters. The van der Waals surface area contributed by atoms with E-state index in [9.17, 15) is 18.0 Å². The minimum absolute atomic E-state index is 0.0242. The molecule has 1 aromatic heterocycles. The van der Waals surface area contributed by atoms with Crippen LogP contribution in [0, 0.1) is 17.5 Å². The fourth-order valence-corrected chi connectivity index (χ4v) is 1.57. The second kappa shape index (κ2) is 5.60. The first-order chi connectivity index (χ1) is 9.52. The molecule has 2 aromatic rings. The van der Waals surface area contributed by atoms with Crippen molar-refractivity contribution in [2.45, 2.75) is 0 Å². The number of amides is 1. The molecule has 1 aromatic carbocycles. The summed E-state index contributed by atoms with van der Waals surface area (Å²) in [6.07, 6.45) is 1.26. The van der Waals surface area contributed by atoms with Gasteiger partial charge in [0.25, 0.3) is 5.91 Å². The molecule has 1 heterocycles. The smallest absolute Gasteiger partial charge is 0.258 e. The predicted molar refractivity (Wildman–Crippen MR) is 68.1 cm³/mol. The number of halogens is 3. The molecule has 0 aliphatic rings. The molecular formula is C13H10F3N3O. The van der Waals surface area contributed by atoms with E-state index in [0.717, 1.165) is 12.1 Å². The second-order valence-corrected chi connectivity index (χ2v) is 3.85. The van der Waals surface area contributed by atoms with Gasteiger partial charge in [0.2, 0.25) is 0 Å². The standard InChI is InChI=1S/C13H10F3N3O/c1-17-12-11(16)8(4-5-18-12)13(20)19-7-2-3-9(14)10(15)6-7/h2-6H,1H3,(H,17,18)(H,19,20). The third kappa shape index (κ3) is 2.71. The summed E-state index contributed by atoms with van der Waals surface area (Å²) in [6, 6.07) is 4.04. The van der Waals surface area contributed by atoms with Crippen molar-refractivity contribution < 1.29 is 18.0 Å². The summed E-state index contributed by atoms with van der Waals surface area (Å²) in [6.45, 7) is 0. The van der Waals surface area contributed by atoms with Gasteiger partial charge in [0, 0.05) is 25.0 Å². The Morgan fingerprint density at radius 1 is 1.15 bits per heavy atom. The van der Waals surface area contributed by atoms with Gasteiger partial charge < -0.3 is 10.6 Å². The monoisotopic (exact) mass is 281 g/mol. The van der Waals surface area contributed by atoms with E-state index in [1.165, 1.54) is 25.4 Å². The van der Waals surface area contributed by atoms with Gasteiger partial charge in [-0.15, -0.1) is 0 Å². The first-order valence-corrected chi connectivity index (χ1v) is 5.61. The number of carbonyl (C=O) groups excluding carboxylic acids is 1. The third-order valence-corrected chi connectivity index (χ3v) is 2.55. The molecule has 0 unspecified atom stereocenters. The van der Waals surface area contributed by atoms with Crippen LogP contribution in [0.1, 0.15) is 10.4 Å². The van der Waals surface area contributed by atoms with Crippen molar-refractivity contribution >= 4 is 17.4 Å². The molecule has 0 radical (unpaired) electrons. The van der Waals surface area contributed by atoms with Crippen LogP contribution < -0.4 is 10.6 Å². The Morgan fingerprint density at radius 2 is 1.90 bits per heavy atom. The summed E-state index contributed by atoms with van der Waals surface area (Å²) in [5, 5.41) is 4.77. The summed E-state index contributed by atoms with van der Waals surface area (Å²) < 4.78 is 39.6. The van der Waals surface area contributed by atoms with Crippen LogP contribution in [0.2, 0.25) is 0 Å². The lowest BCUT2D eigenvalue weighted by Gasteiger charge is -2.08. The summed E-state index contributed by atoms with van der Waals surface area (Å²) in [4.78, 5) is 15.6. The zero-order valence-electron chi connectivity index (χ0n) is 10.4. The zero-order chi connectivity index (χ0) is 14.7. The number of aromatic nitrogens is 1. The number of nitrogens with zero attached hydrogens (tertiary/aromatic N) is 1.